The van der Waals surface area contributed by atoms with Crippen LogP contribution in [0.5, 0.6) is 0 Å². The Balaban J connectivity index is 1.57. The van der Waals surface area contributed by atoms with Crippen molar-refractivity contribution in [1.82, 2.24) is 16.1 Å². The van der Waals surface area contributed by atoms with Gasteiger partial charge in [0.1, 0.15) is 6.04 Å². The van der Waals surface area contributed by atoms with Crippen molar-refractivity contribution in [3.05, 3.63) is 65.2 Å². The monoisotopic (exact) mass is 477 g/mol. The van der Waals surface area contributed by atoms with Crippen molar-refractivity contribution in [3.8, 4) is 11.8 Å². The highest BCUT2D eigenvalue weighted by molar-refractivity contribution is 5.97. The summed E-state index contributed by atoms with van der Waals surface area (Å²) in [5, 5.41) is 24.1. The highest BCUT2D eigenvalue weighted by Gasteiger charge is 2.27. The van der Waals surface area contributed by atoms with E-state index in [0.29, 0.717) is 29.4 Å². The van der Waals surface area contributed by atoms with Crippen LogP contribution in [0.1, 0.15) is 41.3 Å². The third-order valence-corrected chi connectivity index (χ3v) is 5.21. The highest BCUT2D eigenvalue weighted by atomic mass is 16.5. The molecule has 0 unspecified atom stereocenters. The quantitative estimate of drug-likeness (QED) is 0.104. The van der Waals surface area contributed by atoms with Crippen LogP contribution < -0.4 is 27.3 Å². The predicted octanol–water partition coefficient (Wildman–Crippen LogP) is 1.10. The molecule has 0 bridgehead atoms. The molecule has 1 aliphatic rings. The SMILES string of the molecule is C[C@@H](N=NN)[C@H](NC(=O)c1ccc(C#Cc2ccc(NC(=O)CNC3CC3)cc2)cc1)C(=O)NO. The molecule has 0 aliphatic heterocycles. The Bertz CT molecular complexity index is 1130. The number of hydroxylamine groups is 1. The Morgan fingerprint density at radius 2 is 1.66 bits per heavy atom. The summed E-state index contributed by atoms with van der Waals surface area (Å²) in [7, 11) is 0. The fourth-order valence-corrected chi connectivity index (χ4v) is 3.09. The number of benzene rings is 2. The number of nitrogens with one attached hydrogen (secondary N) is 4. The summed E-state index contributed by atoms with van der Waals surface area (Å²) in [6.07, 6.45) is 2.25. The average molecular weight is 478 g/mol. The van der Waals surface area contributed by atoms with E-state index >= 15 is 0 Å². The van der Waals surface area contributed by atoms with Gasteiger partial charge >= 0.3 is 0 Å². The van der Waals surface area contributed by atoms with Crippen LogP contribution in [0, 0.1) is 11.8 Å². The van der Waals surface area contributed by atoms with Gasteiger partial charge < -0.3 is 21.8 Å². The molecule has 0 aromatic heterocycles. The van der Waals surface area contributed by atoms with Gasteiger partial charge in [-0.15, -0.1) is 0 Å². The lowest BCUT2D eigenvalue weighted by molar-refractivity contribution is -0.131. The van der Waals surface area contributed by atoms with Crippen molar-refractivity contribution < 1.29 is 19.6 Å². The second-order valence-electron chi connectivity index (χ2n) is 8.01. The molecule has 11 nitrogen and oxygen atoms in total. The maximum Gasteiger partial charge on any atom is 0.268 e. The first-order valence-corrected chi connectivity index (χ1v) is 11.0. The van der Waals surface area contributed by atoms with E-state index in [9.17, 15) is 14.4 Å². The summed E-state index contributed by atoms with van der Waals surface area (Å²) in [6, 6.07) is 12.2. The van der Waals surface area contributed by atoms with Crippen molar-refractivity contribution in [2.24, 2.45) is 16.2 Å². The highest BCUT2D eigenvalue weighted by Crippen LogP contribution is 2.18. The molecule has 2 atom stereocenters. The van der Waals surface area contributed by atoms with E-state index in [1.54, 1.807) is 36.4 Å². The second-order valence-corrected chi connectivity index (χ2v) is 8.01. The molecule has 11 heteroatoms. The van der Waals surface area contributed by atoms with Gasteiger partial charge in [0.25, 0.3) is 11.8 Å². The van der Waals surface area contributed by atoms with Gasteiger partial charge in [0, 0.05) is 28.4 Å². The van der Waals surface area contributed by atoms with Crippen LogP contribution in [-0.4, -0.2) is 47.6 Å². The van der Waals surface area contributed by atoms with Gasteiger partial charge in [-0.3, -0.25) is 19.6 Å². The van der Waals surface area contributed by atoms with Crippen LogP contribution in [0.25, 0.3) is 0 Å². The molecular weight excluding hydrogens is 450 g/mol. The first-order chi connectivity index (χ1) is 16.9. The number of hydrogen-bond acceptors (Lipinski definition) is 7. The number of nitrogens with two attached hydrogens (primary N) is 1. The van der Waals surface area contributed by atoms with Crippen LogP contribution in [0.2, 0.25) is 0 Å². The summed E-state index contributed by atoms with van der Waals surface area (Å²) in [5.41, 5.74) is 3.92. The molecular formula is C24H27N7O4. The van der Waals surface area contributed by atoms with E-state index in [1.807, 2.05) is 12.1 Å². The van der Waals surface area contributed by atoms with Crippen LogP contribution >= 0.6 is 0 Å². The molecule has 2 aromatic rings. The molecule has 3 amide bonds. The van der Waals surface area contributed by atoms with Crippen molar-refractivity contribution >= 4 is 23.4 Å². The minimum atomic E-state index is -1.17. The summed E-state index contributed by atoms with van der Waals surface area (Å²) < 4.78 is 0. The lowest BCUT2D eigenvalue weighted by atomic mass is 10.1. The molecule has 0 spiro atoms. The molecule has 1 aliphatic carbocycles. The topological polar surface area (TPSA) is 170 Å². The minimum absolute atomic E-state index is 0.0820. The van der Waals surface area contributed by atoms with E-state index in [0.717, 1.165) is 18.4 Å². The van der Waals surface area contributed by atoms with Crippen molar-refractivity contribution in [2.75, 3.05) is 11.9 Å². The summed E-state index contributed by atoms with van der Waals surface area (Å²) >= 11 is 0. The Kier molecular flexibility index (Phi) is 8.89. The molecule has 2 aromatic carbocycles. The molecule has 35 heavy (non-hydrogen) atoms. The number of rotatable bonds is 9. The zero-order valence-corrected chi connectivity index (χ0v) is 19.1. The zero-order valence-electron chi connectivity index (χ0n) is 19.1. The summed E-state index contributed by atoms with van der Waals surface area (Å²) in [4.78, 5) is 36.3. The zero-order chi connectivity index (χ0) is 25.2. The lowest BCUT2D eigenvalue weighted by Crippen LogP contribution is -2.51. The van der Waals surface area contributed by atoms with Gasteiger partial charge in [-0.2, -0.15) is 5.11 Å². The normalized spacial score (nSPS) is 14.3. The first kappa shape index (κ1) is 25.4. The Morgan fingerprint density at radius 1 is 1.06 bits per heavy atom. The molecule has 0 heterocycles. The molecule has 0 saturated heterocycles. The maximum atomic E-state index is 12.5. The molecule has 1 fully saturated rings. The maximum absolute atomic E-state index is 12.5. The third kappa shape index (κ3) is 7.92. The van der Waals surface area contributed by atoms with E-state index in [1.165, 1.54) is 12.4 Å². The lowest BCUT2D eigenvalue weighted by Gasteiger charge is -2.19. The Morgan fingerprint density at radius 3 is 2.20 bits per heavy atom. The summed E-state index contributed by atoms with van der Waals surface area (Å²) in [5.74, 6) is 9.58. The van der Waals surface area contributed by atoms with Crippen LogP contribution in [0.3, 0.4) is 0 Å². The van der Waals surface area contributed by atoms with E-state index < -0.39 is 23.9 Å². The van der Waals surface area contributed by atoms with Gasteiger partial charge in [0.05, 0.1) is 12.6 Å². The molecule has 7 N–H and O–H groups in total. The number of hydrogen-bond donors (Lipinski definition) is 6. The standard InChI is InChI=1S/C24H27N7O4/c1-15(29-31-25)22(24(34)30-35)28-23(33)18-8-4-16(5-9-18)2-3-17-6-10-20(11-7-17)27-21(32)14-26-19-12-13-19/h4-11,15,19,22,26,35H,12-14H2,1H3,(H2,25,29)(H,27,32)(H,28,33)(H,30,34)/t15-,22+/m1/s1. The summed E-state index contributed by atoms with van der Waals surface area (Å²) in [6.45, 7) is 1.81. The van der Waals surface area contributed by atoms with Gasteiger partial charge in [-0.25, -0.2) is 5.48 Å². The molecule has 3 rings (SSSR count). The number of nitrogens with zero attached hydrogens (tertiary/aromatic N) is 2. The Hall–Kier alpha value is -4.27. The third-order valence-electron chi connectivity index (χ3n) is 5.21. The second kappa shape index (κ2) is 12.3. The average Bonchev–Trinajstić information content (AvgIpc) is 3.70. The van der Waals surface area contributed by atoms with Crippen molar-refractivity contribution in [1.29, 1.82) is 0 Å². The number of anilines is 1. The fourth-order valence-electron chi connectivity index (χ4n) is 3.09. The van der Waals surface area contributed by atoms with Crippen molar-refractivity contribution in [2.45, 2.75) is 37.9 Å². The van der Waals surface area contributed by atoms with E-state index in [2.05, 4.69) is 38.1 Å². The van der Waals surface area contributed by atoms with Gasteiger partial charge in [0.15, 0.2) is 0 Å². The smallest absolute Gasteiger partial charge is 0.268 e. The molecule has 182 valence electrons. The van der Waals surface area contributed by atoms with E-state index in [4.69, 9.17) is 11.0 Å². The first-order valence-electron chi connectivity index (χ1n) is 11.0. The van der Waals surface area contributed by atoms with Gasteiger partial charge in [-0.1, -0.05) is 17.1 Å². The number of carbonyl (C=O) groups excluding carboxylic acids is 3. The Labute approximate surface area is 202 Å². The van der Waals surface area contributed by atoms with Crippen LogP contribution in [-0.2, 0) is 9.59 Å². The number of amides is 3. The van der Waals surface area contributed by atoms with E-state index in [-0.39, 0.29) is 5.91 Å². The largest absolute Gasteiger partial charge is 0.338 e. The minimum Gasteiger partial charge on any atom is -0.338 e. The van der Waals surface area contributed by atoms with Crippen LogP contribution in [0.4, 0.5) is 5.69 Å². The van der Waals surface area contributed by atoms with Crippen molar-refractivity contribution in [3.63, 3.8) is 0 Å². The number of carbonyl (C=O) groups is 3. The van der Waals surface area contributed by atoms with Gasteiger partial charge in [0.2, 0.25) is 5.91 Å². The van der Waals surface area contributed by atoms with Gasteiger partial charge in [-0.05, 0) is 68.3 Å². The molecule has 1 saturated carbocycles. The molecule has 0 radical (unpaired) electrons. The predicted molar refractivity (Wildman–Crippen MR) is 128 cm³/mol. The van der Waals surface area contributed by atoms with Crippen LogP contribution in [0.15, 0.2) is 58.9 Å². The fraction of sp³-hybridized carbons (Fsp3) is 0.292.